The van der Waals surface area contributed by atoms with Gasteiger partial charge in [-0.2, -0.15) is 0 Å². The van der Waals surface area contributed by atoms with Crippen molar-refractivity contribution in [2.75, 3.05) is 0 Å². The maximum atomic E-state index is 11.5. The summed E-state index contributed by atoms with van der Waals surface area (Å²) in [5.74, 6) is -1.15. The second-order valence-corrected chi connectivity index (χ2v) is 4.69. The van der Waals surface area contributed by atoms with Gasteiger partial charge in [0, 0.05) is 18.5 Å². The number of carbonyl (C=O) groups is 2. The fraction of sp³-hybridized carbons (Fsp3) is 0.818. The van der Waals surface area contributed by atoms with E-state index in [0.717, 1.165) is 12.8 Å². The van der Waals surface area contributed by atoms with E-state index in [1.807, 2.05) is 0 Å². The SMILES string of the molecule is CC(NC(=O)CC(N)C1CC1)C(C)C(=O)O. The Morgan fingerprint density at radius 1 is 1.44 bits per heavy atom. The minimum atomic E-state index is -0.903. The first-order chi connectivity index (χ1) is 7.41. The maximum absolute atomic E-state index is 11.5. The monoisotopic (exact) mass is 228 g/mol. The summed E-state index contributed by atoms with van der Waals surface area (Å²) in [5.41, 5.74) is 5.81. The molecular weight excluding hydrogens is 208 g/mol. The van der Waals surface area contributed by atoms with Gasteiger partial charge in [0.2, 0.25) is 5.91 Å². The first-order valence-electron chi connectivity index (χ1n) is 5.69. The third-order valence-electron chi connectivity index (χ3n) is 3.18. The lowest BCUT2D eigenvalue weighted by molar-refractivity contribution is -0.142. The number of hydrogen-bond donors (Lipinski definition) is 3. The van der Waals surface area contributed by atoms with Crippen LogP contribution in [0, 0.1) is 11.8 Å². The van der Waals surface area contributed by atoms with E-state index < -0.39 is 11.9 Å². The Hall–Kier alpha value is -1.10. The zero-order valence-electron chi connectivity index (χ0n) is 9.77. The van der Waals surface area contributed by atoms with Crippen molar-refractivity contribution in [3.05, 3.63) is 0 Å². The number of amides is 1. The van der Waals surface area contributed by atoms with Gasteiger partial charge in [-0.3, -0.25) is 9.59 Å². The van der Waals surface area contributed by atoms with Gasteiger partial charge in [-0.1, -0.05) is 0 Å². The smallest absolute Gasteiger partial charge is 0.308 e. The second kappa shape index (κ2) is 5.30. The summed E-state index contributed by atoms with van der Waals surface area (Å²) in [6.45, 7) is 3.27. The highest BCUT2D eigenvalue weighted by atomic mass is 16.4. The average molecular weight is 228 g/mol. The number of nitrogens with two attached hydrogens (primary N) is 1. The van der Waals surface area contributed by atoms with Crippen LogP contribution in [0.3, 0.4) is 0 Å². The first-order valence-corrected chi connectivity index (χ1v) is 5.69. The highest BCUT2D eigenvalue weighted by molar-refractivity contribution is 5.78. The van der Waals surface area contributed by atoms with Gasteiger partial charge in [-0.25, -0.2) is 0 Å². The summed E-state index contributed by atoms with van der Waals surface area (Å²) in [7, 11) is 0. The van der Waals surface area contributed by atoms with Gasteiger partial charge in [0.1, 0.15) is 0 Å². The van der Waals surface area contributed by atoms with E-state index in [-0.39, 0.29) is 18.0 Å². The van der Waals surface area contributed by atoms with Gasteiger partial charge in [-0.05, 0) is 32.6 Å². The molecule has 0 bridgehead atoms. The number of rotatable bonds is 6. The number of carboxylic acid groups (broad SMARTS) is 1. The van der Waals surface area contributed by atoms with Crippen LogP contribution in [-0.2, 0) is 9.59 Å². The van der Waals surface area contributed by atoms with Crippen LogP contribution < -0.4 is 11.1 Å². The summed E-state index contributed by atoms with van der Waals surface area (Å²) < 4.78 is 0. The minimum Gasteiger partial charge on any atom is -0.481 e. The third kappa shape index (κ3) is 3.81. The lowest BCUT2D eigenvalue weighted by atomic mass is 10.0. The molecule has 1 fully saturated rings. The van der Waals surface area contributed by atoms with Gasteiger partial charge in [0.15, 0.2) is 0 Å². The van der Waals surface area contributed by atoms with E-state index in [1.165, 1.54) is 0 Å². The molecule has 1 aliphatic rings. The Kier molecular flexibility index (Phi) is 4.29. The van der Waals surface area contributed by atoms with E-state index >= 15 is 0 Å². The molecule has 3 unspecified atom stereocenters. The van der Waals surface area contributed by atoms with Crippen molar-refractivity contribution in [3.63, 3.8) is 0 Å². The molecule has 0 radical (unpaired) electrons. The van der Waals surface area contributed by atoms with Crippen molar-refractivity contribution in [1.82, 2.24) is 5.32 Å². The molecule has 0 spiro atoms. The highest BCUT2D eigenvalue weighted by Crippen LogP contribution is 2.32. The first kappa shape index (κ1) is 13.0. The largest absolute Gasteiger partial charge is 0.481 e. The average Bonchev–Trinajstić information content (AvgIpc) is 2.98. The Bertz CT molecular complexity index is 276. The fourth-order valence-electron chi connectivity index (χ4n) is 1.56. The van der Waals surface area contributed by atoms with Crippen molar-refractivity contribution >= 4 is 11.9 Å². The molecule has 0 heterocycles. The standard InChI is InChI=1S/C11H20N2O3/c1-6(11(15)16)7(2)13-10(14)5-9(12)8-3-4-8/h6-9H,3-5,12H2,1-2H3,(H,13,14)(H,15,16). The normalized spacial score (nSPS) is 20.9. The van der Waals surface area contributed by atoms with Crippen molar-refractivity contribution < 1.29 is 14.7 Å². The zero-order valence-corrected chi connectivity index (χ0v) is 9.77. The molecule has 1 rings (SSSR count). The number of aliphatic carboxylic acids is 1. The molecule has 5 heteroatoms. The molecule has 0 aliphatic heterocycles. The molecular formula is C11H20N2O3. The van der Waals surface area contributed by atoms with E-state index in [4.69, 9.17) is 10.8 Å². The molecule has 0 saturated heterocycles. The minimum absolute atomic E-state index is 0.0765. The molecule has 92 valence electrons. The van der Waals surface area contributed by atoms with Crippen LogP contribution in [-0.4, -0.2) is 29.1 Å². The molecule has 5 nitrogen and oxygen atoms in total. The molecule has 1 saturated carbocycles. The summed E-state index contributed by atoms with van der Waals surface area (Å²) in [6, 6.07) is -0.441. The van der Waals surface area contributed by atoms with E-state index in [9.17, 15) is 9.59 Å². The topological polar surface area (TPSA) is 92.4 Å². The number of carbonyl (C=O) groups excluding carboxylic acids is 1. The van der Waals surface area contributed by atoms with Crippen molar-refractivity contribution in [2.24, 2.45) is 17.6 Å². The van der Waals surface area contributed by atoms with Crippen molar-refractivity contribution in [1.29, 1.82) is 0 Å². The Morgan fingerprint density at radius 3 is 2.44 bits per heavy atom. The van der Waals surface area contributed by atoms with Gasteiger partial charge < -0.3 is 16.2 Å². The fourth-order valence-corrected chi connectivity index (χ4v) is 1.56. The van der Waals surface area contributed by atoms with E-state index in [2.05, 4.69) is 5.32 Å². The van der Waals surface area contributed by atoms with Crippen molar-refractivity contribution in [3.8, 4) is 0 Å². The van der Waals surface area contributed by atoms with E-state index in [1.54, 1.807) is 13.8 Å². The molecule has 1 amide bonds. The predicted octanol–water partition coefficient (Wildman–Crippen LogP) is 0.339. The Morgan fingerprint density at radius 2 is 2.00 bits per heavy atom. The molecule has 0 aromatic rings. The number of carboxylic acids is 1. The highest BCUT2D eigenvalue weighted by Gasteiger charge is 2.30. The van der Waals surface area contributed by atoms with Crippen LogP contribution in [0.5, 0.6) is 0 Å². The Balaban J connectivity index is 2.29. The third-order valence-corrected chi connectivity index (χ3v) is 3.18. The van der Waals surface area contributed by atoms with E-state index in [0.29, 0.717) is 12.3 Å². The zero-order chi connectivity index (χ0) is 12.3. The van der Waals surface area contributed by atoms with Gasteiger partial charge in [0.05, 0.1) is 5.92 Å². The van der Waals surface area contributed by atoms with Crippen LogP contribution in [0.4, 0.5) is 0 Å². The molecule has 1 aliphatic carbocycles. The molecule has 0 aromatic carbocycles. The second-order valence-electron chi connectivity index (χ2n) is 4.69. The molecule has 0 aromatic heterocycles. The van der Waals surface area contributed by atoms with Crippen LogP contribution in [0.15, 0.2) is 0 Å². The van der Waals surface area contributed by atoms with Crippen LogP contribution >= 0.6 is 0 Å². The summed E-state index contributed by atoms with van der Waals surface area (Å²) in [5, 5.41) is 11.4. The summed E-state index contributed by atoms with van der Waals surface area (Å²) >= 11 is 0. The van der Waals surface area contributed by atoms with Crippen LogP contribution in [0.25, 0.3) is 0 Å². The van der Waals surface area contributed by atoms with Gasteiger partial charge in [-0.15, -0.1) is 0 Å². The summed E-state index contributed by atoms with van der Waals surface area (Å²) in [4.78, 5) is 22.2. The lowest BCUT2D eigenvalue weighted by Gasteiger charge is -2.19. The summed E-state index contributed by atoms with van der Waals surface area (Å²) in [6.07, 6.45) is 2.51. The molecule has 4 N–H and O–H groups in total. The van der Waals surface area contributed by atoms with Gasteiger partial charge in [0.25, 0.3) is 0 Å². The van der Waals surface area contributed by atoms with Gasteiger partial charge >= 0.3 is 5.97 Å². The van der Waals surface area contributed by atoms with Crippen molar-refractivity contribution in [2.45, 2.75) is 45.2 Å². The number of nitrogens with one attached hydrogen (secondary N) is 1. The Labute approximate surface area is 95.4 Å². The van der Waals surface area contributed by atoms with Crippen LogP contribution in [0.1, 0.15) is 33.1 Å². The predicted molar refractivity (Wildman–Crippen MR) is 59.7 cm³/mol. The van der Waals surface area contributed by atoms with Crippen LogP contribution in [0.2, 0.25) is 0 Å². The quantitative estimate of drug-likeness (QED) is 0.611. The molecule has 3 atom stereocenters. The number of hydrogen-bond acceptors (Lipinski definition) is 3. The maximum Gasteiger partial charge on any atom is 0.308 e. The lowest BCUT2D eigenvalue weighted by Crippen LogP contribution is -2.42. The molecule has 16 heavy (non-hydrogen) atoms.